The molecule has 3 aromatic rings. The van der Waals surface area contributed by atoms with Crippen molar-refractivity contribution in [2.24, 2.45) is 11.0 Å². The second-order valence-electron chi connectivity index (χ2n) is 9.41. The van der Waals surface area contributed by atoms with E-state index in [0.29, 0.717) is 23.2 Å². The average Bonchev–Trinajstić information content (AvgIpc) is 2.91. The summed E-state index contributed by atoms with van der Waals surface area (Å²) in [5.74, 6) is -0.934. The Kier molecular flexibility index (Phi) is 6.65. The van der Waals surface area contributed by atoms with Crippen LogP contribution < -0.4 is 4.90 Å². The number of ketones is 2. The van der Waals surface area contributed by atoms with E-state index in [1.807, 2.05) is 60.7 Å². The zero-order valence-corrected chi connectivity index (χ0v) is 19.8. The first-order valence-corrected chi connectivity index (χ1v) is 12.2. The molecular weight excluding hydrogens is 452 g/mol. The molecule has 0 saturated heterocycles. The van der Waals surface area contributed by atoms with Crippen LogP contribution in [0.2, 0.25) is 0 Å². The van der Waals surface area contributed by atoms with Crippen molar-refractivity contribution in [1.29, 1.82) is 0 Å². The average molecular weight is 479 g/mol. The highest BCUT2D eigenvalue weighted by Gasteiger charge is 2.50. The second kappa shape index (κ2) is 10.2. The summed E-state index contributed by atoms with van der Waals surface area (Å²) >= 11 is 0. The van der Waals surface area contributed by atoms with Crippen molar-refractivity contribution in [3.63, 3.8) is 0 Å². The van der Waals surface area contributed by atoms with Gasteiger partial charge >= 0.3 is 0 Å². The van der Waals surface area contributed by atoms with Crippen molar-refractivity contribution < 1.29 is 14.4 Å². The summed E-state index contributed by atoms with van der Waals surface area (Å²) in [6.45, 7) is 0.119. The maximum Gasteiger partial charge on any atom is 0.227 e. The van der Waals surface area contributed by atoms with Gasteiger partial charge in [0, 0.05) is 35.7 Å². The number of amides is 1. The summed E-state index contributed by atoms with van der Waals surface area (Å²) in [5, 5.41) is 3.63. The highest BCUT2D eigenvalue weighted by atomic mass is 16.2. The molecule has 7 nitrogen and oxygen atoms in total. The molecule has 3 atom stereocenters. The second-order valence-corrected chi connectivity index (χ2v) is 9.41. The minimum absolute atomic E-state index is 0.0576. The number of carbonyl (C=O) groups excluding carboxylic acids is 3. The number of benzene rings is 3. The minimum atomic E-state index is -0.525. The van der Waals surface area contributed by atoms with Crippen LogP contribution in [0.15, 0.2) is 84.0 Å². The molecule has 36 heavy (non-hydrogen) atoms. The molecule has 1 saturated carbocycles. The fourth-order valence-corrected chi connectivity index (χ4v) is 5.61. The van der Waals surface area contributed by atoms with Crippen LogP contribution in [0, 0.1) is 5.92 Å². The quantitative estimate of drug-likeness (QED) is 0.254. The van der Waals surface area contributed by atoms with E-state index in [1.165, 1.54) is 0 Å². The number of rotatable bonds is 6. The van der Waals surface area contributed by atoms with Crippen LogP contribution in [0.25, 0.3) is 10.4 Å². The fraction of sp³-hybridized carbons (Fsp3) is 0.276. The number of azide groups is 1. The van der Waals surface area contributed by atoms with Crippen molar-refractivity contribution in [1.82, 2.24) is 0 Å². The van der Waals surface area contributed by atoms with Gasteiger partial charge in [-0.2, -0.15) is 0 Å². The van der Waals surface area contributed by atoms with E-state index in [0.717, 1.165) is 11.1 Å². The van der Waals surface area contributed by atoms with E-state index in [2.05, 4.69) is 10.0 Å². The molecule has 0 spiro atoms. The Morgan fingerprint density at radius 1 is 0.944 bits per heavy atom. The topological polar surface area (TPSA) is 103 Å². The van der Waals surface area contributed by atoms with Gasteiger partial charge in [0.1, 0.15) is 5.78 Å². The summed E-state index contributed by atoms with van der Waals surface area (Å²) < 4.78 is 0. The van der Waals surface area contributed by atoms with E-state index >= 15 is 0 Å². The molecule has 3 aromatic carbocycles. The van der Waals surface area contributed by atoms with Gasteiger partial charge in [0.2, 0.25) is 5.91 Å². The Hall–Kier alpha value is -4.22. The van der Waals surface area contributed by atoms with Crippen LogP contribution in [-0.4, -0.2) is 23.5 Å². The lowest BCUT2D eigenvalue weighted by atomic mass is 9.66. The van der Waals surface area contributed by atoms with Crippen molar-refractivity contribution in [2.45, 2.75) is 44.2 Å². The van der Waals surface area contributed by atoms with Crippen LogP contribution in [0.5, 0.6) is 0 Å². The third-order valence-corrected chi connectivity index (χ3v) is 7.24. The number of nitrogens with zero attached hydrogens (tertiary/aromatic N) is 4. The number of Topliss-reactive ketones (excluding diaryl/α,β-unsaturated/α-hetero) is 2. The van der Waals surface area contributed by atoms with Gasteiger partial charge in [0.15, 0.2) is 5.78 Å². The molecule has 5 rings (SSSR count). The van der Waals surface area contributed by atoms with Crippen molar-refractivity contribution in [2.75, 3.05) is 4.90 Å². The minimum Gasteiger partial charge on any atom is -0.307 e. The van der Waals surface area contributed by atoms with Gasteiger partial charge in [0.25, 0.3) is 0 Å². The van der Waals surface area contributed by atoms with Crippen molar-refractivity contribution >= 4 is 23.2 Å². The molecule has 180 valence electrons. The monoisotopic (exact) mass is 478 g/mol. The van der Waals surface area contributed by atoms with E-state index in [9.17, 15) is 14.4 Å². The van der Waals surface area contributed by atoms with Gasteiger partial charge in [-0.1, -0.05) is 71.8 Å². The van der Waals surface area contributed by atoms with Crippen LogP contribution in [-0.2, 0) is 22.6 Å². The van der Waals surface area contributed by atoms with Crippen LogP contribution >= 0.6 is 0 Å². The number of anilines is 1. The predicted octanol–water partition coefficient (Wildman–Crippen LogP) is 5.79. The van der Waals surface area contributed by atoms with E-state index in [-0.39, 0.29) is 49.2 Å². The summed E-state index contributed by atoms with van der Waals surface area (Å²) in [4.78, 5) is 45.2. The van der Waals surface area contributed by atoms with E-state index in [1.54, 1.807) is 23.1 Å². The third-order valence-electron chi connectivity index (χ3n) is 7.24. The molecule has 7 heteroatoms. The highest BCUT2D eigenvalue weighted by molar-refractivity contribution is 6.12. The SMILES string of the molecule is [N-]=[N+]=NCc1ccc2c(c1)C(=O)[C@H]1[C@@H](c3ccccc3)CC(=O)C[C@H]1N2C(=O)CCc1ccccc1. The number of hydrogen-bond acceptors (Lipinski definition) is 4. The Labute approximate surface area is 209 Å². The lowest BCUT2D eigenvalue weighted by Gasteiger charge is -2.47. The summed E-state index contributed by atoms with van der Waals surface area (Å²) in [6.07, 6.45) is 1.28. The molecule has 0 aromatic heterocycles. The maximum absolute atomic E-state index is 14.0. The normalized spacial score (nSPS) is 20.8. The fourth-order valence-electron chi connectivity index (χ4n) is 5.61. The first-order valence-electron chi connectivity index (χ1n) is 12.2. The first kappa shape index (κ1) is 23.5. The number of hydrogen-bond donors (Lipinski definition) is 0. The molecular formula is C29H26N4O3. The Balaban J connectivity index is 1.57. The molecule has 1 heterocycles. The van der Waals surface area contributed by atoms with E-state index in [4.69, 9.17) is 5.53 Å². The summed E-state index contributed by atoms with van der Waals surface area (Å²) in [5.41, 5.74) is 12.4. The van der Waals surface area contributed by atoms with E-state index < -0.39 is 12.0 Å². The molecule has 1 aliphatic heterocycles. The maximum atomic E-state index is 14.0. The molecule has 1 aliphatic carbocycles. The number of aryl methyl sites for hydroxylation is 1. The Morgan fingerprint density at radius 3 is 2.39 bits per heavy atom. The highest BCUT2D eigenvalue weighted by Crippen LogP contribution is 2.46. The molecule has 1 amide bonds. The number of carbonyl (C=O) groups is 3. The van der Waals surface area contributed by atoms with Crippen LogP contribution in [0.1, 0.15) is 52.2 Å². The van der Waals surface area contributed by atoms with Crippen molar-refractivity contribution in [3.05, 3.63) is 112 Å². The summed E-state index contributed by atoms with van der Waals surface area (Å²) in [6, 6.07) is 24.2. The van der Waals surface area contributed by atoms with Crippen LogP contribution in [0.4, 0.5) is 5.69 Å². The van der Waals surface area contributed by atoms with Gasteiger partial charge in [-0.05, 0) is 40.8 Å². The van der Waals surface area contributed by atoms with Gasteiger partial charge in [-0.15, -0.1) is 0 Å². The standard InChI is InChI=1S/C29H26N4O3/c30-32-31-18-20-11-13-25-24(15-20)29(36)28-23(21-9-5-2-6-10-21)16-22(34)17-26(28)33(25)27(35)14-12-19-7-3-1-4-8-19/h1-11,13,15,23,26,28H,12,14,16-18H2/t23-,26-,28+/m1/s1. The lowest BCUT2D eigenvalue weighted by Crippen LogP contribution is -2.56. The Morgan fingerprint density at radius 2 is 1.67 bits per heavy atom. The molecule has 0 unspecified atom stereocenters. The molecule has 2 aliphatic rings. The summed E-state index contributed by atoms with van der Waals surface area (Å²) in [7, 11) is 0. The molecule has 0 radical (unpaired) electrons. The molecule has 1 fully saturated rings. The van der Waals surface area contributed by atoms with Crippen molar-refractivity contribution in [3.8, 4) is 0 Å². The van der Waals surface area contributed by atoms with Crippen LogP contribution in [0.3, 0.4) is 0 Å². The largest absolute Gasteiger partial charge is 0.307 e. The third kappa shape index (κ3) is 4.53. The zero-order valence-electron chi connectivity index (χ0n) is 19.8. The molecule has 0 N–H and O–H groups in total. The zero-order chi connectivity index (χ0) is 25.1. The first-order chi connectivity index (χ1) is 17.6. The molecule has 0 bridgehead atoms. The number of fused-ring (bicyclic) bond motifs is 2. The Bertz CT molecular complexity index is 1350. The van der Waals surface area contributed by atoms with Gasteiger partial charge in [-0.25, -0.2) is 0 Å². The lowest BCUT2D eigenvalue weighted by molar-refractivity contribution is -0.123. The van der Waals surface area contributed by atoms with Gasteiger partial charge < -0.3 is 4.90 Å². The van der Waals surface area contributed by atoms with Gasteiger partial charge in [0.05, 0.1) is 24.2 Å². The van der Waals surface area contributed by atoms with Gasteiger partial charge in [-0.3, -0.25) is 14.4 Å². The predicted molar refractivity (Wildman–Crippen MR) is 137 cm³/mol. The smallest absolute Gasteiger partial charge is 0.227 e.